The first kappa shape index (κ1) is 18.0. The summed E-state index contributed by atoms with van der Waals surface area (Å²) in [7, 11) is 0. The molecule has 0 aliphatic carbocycles. The molecule has 0 bridgehead atoms. The van der Waals surface area contributed by atoms with Crippen LogP contribution in [0.5, 0.6) is 0 Å². The van der Waals surface area contributed by atoms with Crippen molar-refractivity contribution in [3.8, 4) is 0 Å². The van der Waals surface area contributed by atoms with Gasteiger partial charge in [-0.3, -0.25) is 14.5 Å². The molecule has 2 aromatic carbocycles. The third-order valence-corrected chi connectivity index (χ3v) is 4.21. The summed E-state index contributed by atoms with van der Waals surface area (Å²) in [6.07, 6.45) is -0.188. The van der Waals surface area contributed by atoms with Gasteiger partial charge in [0.15, 0.2) is 0 Å². The highest BCUT2D eigenvalue weighted by Crippen LogP contribution is 2.22. The Bertz CT molecular complexity index is 778. The van der Waals surface area contributed by atoms with Gasteiger partial charge in [-0.25, -0.2) is 4.39 Å². The summed E-state index contributed by atoms with van der Waals surface area (Å²) in [6, 6.07) is 12.6. The summed E-state index contributed by atoms with van der Waals surface area (Å²) >= 11 is 0. The summed E-state index contributed by atoms with van der Waals surface area (Å²) in [5.41, 5.74) is 7.07. The number of carbonyl (C=O) groups is 2. The molecule has 7 heteroatoms. The van der Waals surface area contributed by atoms with Crippen molar-refractivity contribution in [2.24, 2.45) is 5.73 Å². The zero-order valence-corrected chi connectivity index (χ0v) is 14.2. The minimum Gasteiger partial charge on any atom is -0.371 e. The quantitative estimate of drug-likeness (QED) is 0.856. The average Bonchev–Trinajstić information content (AvgIpc) is 2.63. The lowest BCUT2D eigenvalue weighted by Crippen LogP contribution is -2.42. The van der Waals surface area contributed by atoms with E-state index in [9.17, 15) is 14.0 Å². The molecule has 1 fully saturated rings. The van der Waals surface area contributed by atoms with Crippen LogP contribution in [0.1, 0.15) is 22.0 Å². The molecular weight excluding hydrogens is 337 g/mol. The molecule has 0 spiro atoms. The van der Waals surface area contributed by atoms with E-state index in [0.29, 0.717) is 30.9 Å². The number of rotatable bonds is 5. The Balaban J connectivity index is 1.55. The van der Waals surface area contributed by atoms with Crippen LogP contribution in [0, 0.1) is 5.82 Å². The zero-order valence-electron chi connectivity index (χ0n) is 14.2. The molecule has 0 aromatic heterocycles. The summed E-state index contributed by atoms with van der Waals surface area (Å²) in [6.45, 7) is 1.92. The summed E-state index contributed by atoms with van der Waals surface area (Å²) in [4.78, 5) is 25.3. The molecule has 26 heavy (non-hydrogen) atoms. The molecule has 0 saturated carbocycles. The van der Waals surface area contributed by atoms with Gasteiger partial charge in [-0.2, -0.15) is 0 Å². The number of primary amides is 1. The average molecular weight is 357 g/mol. The van der Waals surface area contributed by atoms with Gasteiger partial charge in [0.25, 0.3) is 0 Å². The predicted molar refractivity (Wildman–Crippen MR) is 95.1 cm³/mol. The van der Waals surface area contributed by atoms with Gasteiger partial charge in [0.2, 0.25) is 11.8 Å². The van der Waals surface area contributed by atoms with Gasteiger partial charge in [-0.05, 0) is 42.0 Å². The van der Waals surface area contributed by atoms with Crippen molar-refractivity contribution < 1.29 is 18.7 Å². The Morgan fingerprint density at radius 2 is 1.85 bits per heavy atom. The van der Waals surface area contributed by atoms with Crippen molar-refractivity contribution in [2.75, 3.05) is 31.6 Å². The number of hydrogen-bond donors (Lipinski definition) is 2. The Labute approximate surface area is 150 Å². The van der Waals surface area contributed by atoms with Gasteiger partial charge in [0.1, 0.15) is 5.82 Å². The van der Waals surface area contributed by atoms with Crippen molar-refractivity contribution in [2.45, 2.75) is 6.10 Å². The molecule has 0 radical (unpaired) electrons. The maximum absolute atomic E-state index is 13.0. The van der Waals surface area contributed by atoms with Crippen molar-refractivity contribution in [1.29, 1.82) is 0 Å². The first-order chi connectivity index (χ1) is 12.5. The number of nitrogens with one attached hydrogen (secondary N) is 1. The molecule has 3 N–H and O–H groups in total. The van der Waals surface area contributed by atoms with Crippen molar-refractivity contribution in [3.05, 3.63) is 65.5 Å². The molecule has 1 saturated heterocycles. The number of hydrogen-bond acceptors (Lipinski definition) is 4. The van der Waals surface area contributed by atoms with Crippen LogP contribution in [0.25, 0.3) is 0 Å². The topological polar surface area (TPSA) is 84.7 Å². The Hall–Kier alpha value is -2.77. The third-order valence-electron chi connectivity index (χ3n) is 4.21. The number of ether oxygens (including phenoxy) is 1. The molecule has 136 valence electrons. The molecule has 2 aromatic rings. The van der Waals surface area contributed by atoms with Gasteiger partial charge < -0.3 is 15.8 Å². The fourth-order valence-electron chi connectivity index (χ4n) is 2.85. The fraction of sp³-hybridized carbons (Fsp3) is 0.263. The Kier molecular flexibility index (Phi) is 5.60. The number of carbonyl (C=O) groups excluding carboxylic acids is 2. The number of halogens is 1. The van der Waals surface area contributed by atoms with Crippen LogP contribution < -0.4 is 11.1 Å². The monoisotopic (exact) mass is 357 g/mol. The lowest BCUT2D eigenvalue weighted by atomic mass is 10.1. The zero-order chi connectivity index (χ0) is 18.5. The van der Waals surface area contributed by atoms with E-state index < -0.39 is 5.91 Å². The van der Waals surface area contributed by atoms with E-state index in [4.69, 9.17) is 10.5 Å². The van der Waals surface area contributed by atoms with Gasteiger partial charge in [-0.15, -0.1) is 0 Å². The van der Waals surface area contributed by atoms with E-state index in [1.165, 1.54) is 12.1 Å². The number of nitrogens with two attached hydrogens (primary N) is 1. The maximum Gasteiger partial charge on any atom is 0.248 e. The van der Waals surface area contributed by atoms with E-state index in [1.54, 1.807) is 36.4 Å². The lowest BCUT2D eigenvalue weighted by molar-refractivity contribution is -0.119. The molecule has 3 rings (SSSR count). The third kappa shape index (κ3) is 4.65. The Morgan fingerprint density at radius 3 is 2.50 bits per heavy atom. The van der Waals surface area contributed by atoms with Crippen LogP contribution in [-0.2, 0) is 9.53 Å². The second kappa shape index (κ2) is 8.07. The number of nitrogens with zero attached hydrogens (tertiary/aromatic N) is 1. The number of benzene rings is 2. The van der Waals surface area contributed by atoms with E-state index in [0.717, 1.165) is 5.56 Å². The standard InChI is InChI=1S/C19H20FN3O3/c20-15-5-1-13(2-6-15)17-11-23(9-10-26-17)12-18(24)22-16-7-3-14(4-8-16)19(21)25/h1-8,17H,9-12H2,(H2,21,25)(H,22,24). The lowest BCUT2D eigenvalue weighted by Gasteiger charge is -2.32. The van der Waals surface area contributed by atoms with Gasteiger partial charge in [-0.1, -0.05) is 12.1 Å². The van der Waals surface area contributed by atoms with Gasteiger partial charge in [0.05, 0.1) is 19.3 Å². The molecular formula is C19H20FN3O3. The van der Waals surface area contributed by atoms with E-state index in [1.807, 2.05) is 4.90 Å². The Morgan fingerprint density at radius 1 is 1.15 bits per heavy atom. The number of amides is 2. The van der Waals surface area contributed by atoms with Gasteiger partial charge in [0, 0.05) is 24.3 Å². The van der Waals surface area contributed by atoms with Crippen molar-refractivity contribution in [3.63, 3.8) is 0 Å². The first-order valence-electron chi connectivity index (χ1n) is 8.30. The van der Waals surface area contributed by atoms with Gasteiger partial charge >= 0.3 is 0 Å². The van der Waals surface area contributed by atoms with E-state index in [-0.39, 0.29) is 24.4 Å². The van der Waals surface area contributed by atoms with Crippen LogP contribution in [0.2, 0.25) is 0 Å². The largest absolute Gasteiger partial charge is 0.371 e. The van der Waals surface area contributed by atoms with E-state index >= 15 is 0 Å². The van der Waals surface area contributed by atoms with Crippen molar-refractivity contribution >= 4 is 17.5 Å². The summed E-state index contributed by atoms with van der Waals surface area (Å²) < 4.78 is 18.8. The fourth-order valence-corrected chi connectivity index (χ4v) is 2.85. The molecule has 1 aliphatic heterocycles. The van der Waals surface area contributed by atoms with Crippen LogP contribution >= 0.6 is 0 Å². The minimum absolute atomic E-state index is 0.156. The van der Waals surface area contributed by atoms with Crippen LogP contribution in [0.4, 0.5) is 10.1 Å². The highest BCUT2D eigenvalue weighted by Gasteiger charge is 2.23. The SMILES string of the molecule is NC(=O)c1ccc(NC(=O)CN2CCOC(c3ccc(F)cc3)C2)cc1. The molecule has 6 nitrogen and oxygen atoms in total. The summed E-state index contributed by atoms with van der Waals surface area (Å²) in [5.74, 6) is -0.956. The maximum atomic E-state index is 13.0. The smallest absolute Gasteiger partial charge is 0.248 e. The van der Waals surface area contributed by atoms with Crippen molar-refractivity contribution in [1.82, 2.24) is 4.90 Å². The van der Waals surface area contributed by atoms with Crippen LogP contribution in [-0.4, -0.2) is 43.0 Å². The van der Waals surface area contributed by atoms with Crippen LogP contribution in [0.3, 0.4) is 0 Å². The normalized spacial score (nSPS) is 17.7. The molecule has 1 heterocycles. The highest BCUT2D eigenvalue weighted by atomic mass is 19.1. The second-order valence-electron chi connectivity index (χ2n) is 6.14. The molecule has 2 amide bonds. The first-order valence-corrected chi connectivity index (χ1v) is 8.30. The predicted octanol–water partition coefficient (Wildman–Crippen LogP) is 1.94. The van der Waals surface area contributed by atoms with Crippen LogP contribution in [0.15, 0.2) is 48.5 Å². The number of anilines is 1. The molecule has 1 unspecified atom stereocenters. The number of morpholine rings is 1. The van der Waals surface area contributed by atoms with E-state index in [2.05, 4.69) is 5.32 Å². The highest BCUT2D eigenvalue weighted by molar-refractivity contribution is 5.95. The molecule has 1 aliphatic rings. The summed E-state index contributed by atoms with van der Waals surface area (Å²) in [5, 5.41) is 2.79. The molecule has 1 atom stereocenters. The minimum atomic E-state index is -0.511. The second-order valence-corrected chi connectivity index (χ2v) is 6.14.